The molecule has 7 nitrogen and oxygen atoms in total. The number of allylic oxidation sites excluding steroid dienone is 1. The van der Waals surface area contributed by atoms with Gasteiger partial charge in [0.15, 0.2) is 0 Å². The monoisotopic (exact) mass is 340 g/mol. The Morgan fingerprint density at radius 2 is 1.50 bits per heavy atom. The molecule has 24 heavy (non-hydrogen) atoms. The molecule has 0 bridgehead atoms. The van der Waals surface area contributed by atoms with Crippen LogP contribution in [0, 0.1) is 0 Å². The lowest BCUT2D eigenvalue weighted by Gasteiger charge is -2.40. The summed E-state index contributed by atoms with van der Waals surface area (Å²) in [7, 11) is 1.53. The molecule has 0 aromatic carbocycles. The van der Waals surface area contributed by atoms with E-state index in [1.165, 1.54) is 7.11 Å². The SMILES string of the molecule is COC1=CNC(C)(N(C(=O)OC(C)(C)C)C(=O)OC(C)(C)C)C=C1. The highest BCUT2D eigenvalue weighted by Gasteiger charge is 2.43. The number of carbonyl (C=O) groups is 2. The van der Waals surface area contributed by atoms with Gasteiger partial charge in [0.1, 0.15) is 22.6 Å². The van der Waals surface area contributed by atoms with Crippen LogP contribution in [-0.4, -0.2) is 41.1 Å². The molecule has 2 amide bonds. The fraction of sp³-hybridized carbons (Fsp3) is 0.647. The van der Waals surface area contributed by atoms with Crippen LogP contribution in [-0.2, 0) is 14.2 Å². The third kappa shape index (κ3) is 5.47. The van der Waals surface area contributed by atoms with Gasteiger partial charge >= 0.3 is 12.2 Å². The second kappa shape index (κ2) is 6.75. The molecule has 0 saturated carbocycles. The van der Waals surface area contributed by atoms with Gasteiger partial charge in [0, 0.05) is 6.20 Å². The van der Waals surface area contributed by atoms with Gasteiger partial charge in [-0.2, -0.15) is 4.90 Å². The summed E-state index contributed by atoms with van der Waals surface area (Å²) in [5.74, 6) is 0.570. The quantitative estimate of drug-likeness (QED) is 0.829. The molecule has 7 heteroatoms. The molecular formula is C17H28N2O5. The van der Waals surface area contributed by atoms with Crippen LogP contribution in [0.1, 0.15) is 48.5 Å². The molecule has 1 unspecified atom stereocenters. The predicted molar refractivity (Wildman–Crippen MR) is 90.1 cm³/mol. The molecule has 1 aliphatic rings. The molecule has 136 valence electrons. The van der Waals surface area contributed by atoms with Crippen LogP contribution in [0.3, 0.4) is 0 Å². The molecule has 0 aliphatic carbocycles. The largest absolute Gasteiger partial charge is 0.495 e. The van der Waals surface area contributed by atoms with Gasteiger partial charge < -0.3 is 19.5 Å². The van der Waals surface area contributed by atoms with Crippen LogP contribution in [0.4, 0.5) is 9.59 Å². The maximum Gasteiger partial charge on any atom is 0.422 e. The van der Waals surface area contributed by atoms with Gasteiger partial charge in [0.05, 0.1) is 7.11 Å². The molecule has 1 heterocycles. The molecular weight excluding hydrogens is 312 g/mol. The first kappa shape index (κ1) is 19.9. The predicted octanol–water partition coefficient (Wildman–Crippen LogP) is 3.52. The summed E-state index contributed by atoms with van der Waals surface area (Å²) in [5.41, 5.74) is -2.65. The zero-order valence-electron chi connectivity index (χ0n) is 15.7. The van der Waals surface area contributed by atoms with E-state index in [0.29, 0.717) is 5.76 Å². The van der Waals surface area contributed by atoms with Crippen molar-refractivity contribution in [2.45, 2.75) is 65.3 Å². The van der Waals surface area contributed by atoms with Gasteiger partial charge in [-0.05, 0) is 60.6 Å². The Hall–Kier alpha value is -2.18. The Morgan fingerprint density at radius 3 is 1.79 bits per heavy atom. The molecule has 0 saturated heterocycles. The zero-order chi connectivity index (χ0) is 18.8. The molecule has 1 N–H and O–H groups in total. The minimum atomic E-state index is -1.15. The van der Waals surface area contributed by atoms with E-state index in [9.17, 15) is 9.59 Å². The number of nitrogens with one attached hydrogen (secondary N) is 1. The second-order valence-corrected chi connectivity index (χ2v) is 7.67. The van der Waals surface area contributed by atoms with Crippen LogP contribution in [0.5, 0.6) is 0 Å². The van der Waals surface area contributed by atoms with Crippen molar-refractivity contribution in [3.63, 3.8) is 0 Å². The first-order chi connectivity index (χ1) is 10.8. The number of dihydropyridines is 1. The molecule has 1 aliphatic heterocycles. The second-order valence-electron chi connectivity index (χ2n) is 7.67. The smallest absolute Gasteiger partial charge is 0.422 e. The van der Waals surface area contributed by atoms with Crippen molar-refractivity contribution >= 4 is 12.2 Å². The van der Waals surface area contributed by atoms with Crippen LogP contribution in [0.2, 0.25) is 0 Å². The lowest BCUT2D eigenvalue weighted by atomic mass is 10.1. The zero-order valence-corrected chi connectivity index (χ0v) is 15.7. The average molecular weight is 340 g/mol. The van der Waals surface area contributed by atoms with E-state index < -0.39 is 29.1 Å². The minimum Gasteiger partial charge on any atom is -0.495 e. The van der Waals surface area contributed by atoms with Gasteiger partial charge in [0.2, 0.25) is 0 Å². The van der Waals surface area contributed by atoms with Crippen molar-refractivity contribution < 1.29 is 23.8 Å². The van der Waals surface area contributed by atoms with Crippen LogP contribution >= 0.6 is 0 Å². The summed E-state index contributed by atoms with van der Waals surface area (Å²) in [6, 6.07) is 0. The Balaban J connectivity index is 3.15. The molecule has 1 rings (SSSR count). The normalized spacial score (nSPS) is 20.6. The Kier molecular flexibility index (Phi) is 5.58. The fourth-order valence-electron chi connectivity index (χ4n) is 1.89. The lowest BCUT2D eigenvalue weighted by molar-refractivity contribution is -0.0178. The number of hydrogen-bond acceptors (Lipinski definition) is 6. The van der Waals surface area contributed by atoms with Crippen LogP contribution in [0.15, 0.2) is 24.1 Å². The first-order valence-corrected chi connectivity index (χ1v) is 7.75. The summed E-state index contributed by atoms with van der Waals surface area (Å²) < 4.78 is 15.8. The van der Waals surface area contributed by atoms with Crippen molar-refractivity contribution in [3.8, 4) is 0 Å². The summed E-state index contributed by atoms with van der Waals surface area (Å²) in [6.45, 7) is 12.0. The molecule has 0 spiro atoms. The number of hydrogen-bond donors (Lipinski definition) is 1. The first-order valence-electron chi connectivity index (χ1n) is 7.75. The van der Waals surface area contributed by atoms with E-state index in [1.807, 2.05) is 0 Å². The minimum absolute atomic E-state index is 0.570. The number of carbonyl (C=O) groups excluding carboxylic acids is 2. The van der Waals surface area contributed by atoms with E-state index in [0.717, 1.165) is 4.90 Å². The topological polar surface area (TPSA) is 77.1 Å². The summed E-state index contributed by atoms with van der Waals surface area (Å²) in [4.78, 5) is 26.2. The highest BCUT2D eigenvalue weighted by atomic mass is 16.6. The van der Waals surface area contributed by atoms with E-state index in [4.69, 9.17) is 14.2 Å². The molecule has 0 radical (unpaired) electrons. The van der Waals surface area contributed by atoms with E-state index in [2.05, 4.69) is 5.32 Å². The number of methoxy groups -OCH3 is 1. The third-order valence-corrected chi connectivity index (χ3v) is 2.93. The summed E-state index contributed by atoms with van der Waals surface area (Å²) in [6.07, 6.45) is 3.27. The van der Waals surface area contributed by atoms with Gasteiger partial charge in [0.25, 0.3) is 0 Å². The van der Waals surface area contributed by atoms with Crippen molar-refractivity contribution in [2.75, 3.05) is 7.11 Å². The van der Waals surface area contributed by atoms with Gasteiger partial charge in [-0.15, -0.1) is 0 Å². The fourth-order valence-corrected chi connectivity index (χ4v) is 1.89. The van der Waals surface area contributed by atoms with Crippen LogP contribution < -0.4 is 5.32 Å². The Bertz CT molecular complexity index is 526. The highest BCUT2D eigenvalue weighted by molar-refractivity contribution is 5.89. The number of ether oxygens (including phenoxy) is 3. The lowest BCUT2D eigenvalue weighted by Crippen LogP contribution is -2.61. The molecule has 0 aromatic heterocycles. The third-order valence-electron chi connectivity index (χ3n) is 2.93. The summed E-state index contributed by atoms with van der Waals surface area (Å²) in [5, 5.41) is 2.98. The number of nitrogens with zero attached hydrogens (tertiary/aromatic N) is 1. The molecule has 1 atom stereocenters. The average Bonchev–Trinajstić information content (AvgIpc) is 2.34. The number of rotatable bonds is 2. The highest BCUT2D eigenvalue weighted by Crippen LogP contribution is 2.25. The van der Waals surface area contributed by atoms with Crippen molar-refractivity contribution in [1.82, 2.24) is 10.2 Å². The van der Waals surface area contributed by atoms with E-state index >= 15 is 0 Å². The molecule has 0 fully saturated rings. The van der Waals surface area contributed by atoms with Crippen molar-refractivity contribution in [2.24, 2.45) is 0 Å². The maximum atomic E-state index is 12.6. The van der Waals surface area contributed by atoms with Crippen molar-refractivity contribution in [1.29, 1.82) is 0 Å². The number of amides is 2. The van der Waals surface area contributed by atoms with Crippen molar-refractivity contribution in [3.05, 3.63) is 24.1 Å². The van der Waals surface area contributed by atoms with E-state index in [1.54, 1.807) is 66.8 Å². The molecule has 0 aromatic rings. The summed E-state index contributed by atoms with van der Waals surface area (Å²) >= 11 is 0. The van der Waals surface area contributed by atoms with E-state index in [-0.39, 0.29) is 0 Å². The Morgan fingerprint density at radius 1 is 1.04 bits per heavy atom. The Labute approximate surface area is 143 Å². The van der Waals surface area contributed by atoms with Crippen LogP contribution in [0.25, 0.3) is 0 Å². The van der Waals surface area contributed by atoms with Gasteiger partial charge in [-0.3, -0.25) is 0 Å². The number of imide groups is 1. The standard InChI is InChI=1S/C17H28N2O5/c1-15(2,3)23-13(20)19(14(21)24-16(4,5)6)17(7)10-9-12(22-8)11-18-17/h9-11,18H,1-8H3. The van der Waals surface area contributed by atoms with Gasteiger partial charge in [-0.25, -0.2) is 9.59 Å². The maximum absolute atomic E-state index is 12.6. The van der Waals surface area contributed by atoms with Gasteiger partial charge in [-0.1, -0.05) is 0 Å².